The smallest absolute Gasteiger partial charge is 0.314 e. The van der Waals surface area contributed by atoms with Crippen molar-refractivity contribution in [3.8, 4) is 0 Å². The van der Waals surface area contributed by atoms with Gasteiger partial charge in [-0.25, -0.2) is 8.42 Å². The summed E-state index contributed by atoms with van der Waals surface area (Å²) in [5.41, 5.74) is 2.30. The minimum absolute atomic E-state index is 0.273. The molecule has 5 nitrogen and oxygen atoms in total. The molecule has 1 N–H and O–H groups in total. The van der Waals surface area contributed by atoms with E-state index in [1.165, 1.54) is 0 Å². The van der Waals surface area contributed by atoms with Crippen molar-refractivity contribution in [2.45, 2.75) is 58.1 Å². The first-order valence-corrected chi connectivity index (χ1v) is 10.6. The number of rotatable bonds is 5. The molecule has 1 aromatic rings. The maximum Gasteiger partial charge on any atom is 0.314 e. The van der Waals surface area contributed by atoms with Gasteiger partial charge in [0.05, 0.1) is 17.3 Å². The molecule has 0 bridgehead atoms. The second kappa shape index (κ2) is 8.25. The highest BCUT2D eigenvalue weighted by molar-refractivity contribution is 7.91. The summed E-state index contributed by atoms with van der Waals surface area (Å²) in [5, 5.41) is 0. The van der Waals surface area contributed by atoms with E-state index in [9.17, 15) is 13.2 Å². The van der Waals surface area contributed by atoms with Crippen molar-refractivity contribution >= 4 is 21.6 Å². The molecule has 6 heteroatoms. The van der Waals surface area contributed by atoms with Crippen LogP contribution >= 0.6 is 0 Å². The molecule has 1 aliphatic rings. The lowest BCUT2D eigenvalue weighted by Gasteiger charge is -2.27. The topological polar surface area (TPSA) is 72.5 Å². The van der Waals surface area contributed by atoms with Crippen LogP contribution < -0.4 is 4.72 Å². The number of hydrogen-bond donors (Lipinski definition) is 1. The molecule has 2 rings (SSSR count). The lowest BCUT2D eigenvalue weighted by Crippen LogP contribution is -2.42. The average Bonchev–Trinajstić information content (AvgIpc) is 2.77. The minimum Gasteiger partial charge on any atom is -0.465 e. The normalized spacial score (nSPS) is 19.0. The molecule has 1 unspecified atom stereocenters. The van der Waals surface area contributed by atoms with Crippen molar-refractivity contribution in [3.05, 3.63) is 41.6 Å². The van der Waals surface area contributed by atoms with Gasteiger partial charge in [0.2, 0.25) is 10.0 Å². The highest BCUT2D eigenvalue weighted by Crippen LogP contribution is 2.35. The number of esters is 1. The van der Waals surface area contributed by atoms with Crippen molar-refractivity contribution in [1.82, 2.24) is 4.72 Å². The Balaban J connectivity index is 2.60. The van der Waals surface area contributed by atoms with Crippen LogP contribution in [0, 0.1) is 5.92 Å². The van der Waals surface area contributed by atoms with Crippen molar-refractivity contribution in [2.75, 3.05) is 6.61 Å². The number of carbonyl (C=O) groups is 1. The van der Waals surface area contributed by atoms with E-state index < -0.39 is 20.7 Å². The molecule has 144 valence electrons. The van der Waals surface area contributed by atoms with Gasteiger partial charge in [-0.15, -0.1) is 0 Å². The number of benzene rings is 1. The third-order valence-electron chi connectivity index (χ3n) is 4.59. The molecular formula is C20H29NO4S. The summed E-state index contributed by atoms with van der Waals surface area (Å²) in [6.45, 7) is 6.97. The van der Waals surface area contributed by atoms with Crippen LogP contribution in [0.2, 0.25) is 0 Å². The Morgan fingerprint density at radius 1 is 1.19 bits per heavy atom. The van der Waals surface area contributed by atoms with Crippen LogP contribution in [0.3, 0.4) is 0 Å². The molecule has 1 aliphatic carbocycles. The van der Waals surface area contributed by atoms with Gasteiger partial charge in [-0.05, 0) is 58.1 Å². The van der Waals surface area contributed by atoms with Gasteiger partial charge in [0.25, 0.3) is 0 Å². The fourth-order valence-electron chi connectivity index (χ4n) is 2.99. The summed E-state index contributed by atoms with van der Waals surface area (Å²) >= 11 is 0. The van der Waals surface area contributed by atoms with E-state index in [1.54, 1.807) is 27.7 Å². The van der Waals surface area contributed by atoms with Gasteiger partial charge < -0.3 is 4.74 Å². The van der Waals surface area contributed by atoms with Gasteiger partial charge in [-0.1, -0.05) is 36.8 Å². The quantitative estimate of drug-likeness (QED) is 0.788. The Bertz CT molecular complexity index is 761. The number of ether oxygens (including phenoxy) is 1. The molecule has 0 aromatic heterocycles. The summed E-state index contributed by atoms with van der Waals surface area (Å²) in [6, 6.07) is 9.66. The maximum atomic E-state index is 12.8. The van der Waals surface area contributed by atoms with Crippen LogP contribution in [0.25, 0.3) is 5.57 Å². The molecule has 0 amide bonds. The van der Waals surface area contributed by atoms with Crippen LogP contribution in [-0.4, -0.2) is 25.7 Å². The zero-order valence-electron chi connectivity index (χ0n) is 16.0. The molecule has 1 atom stereocenters. The molecule has 0 spiro atoms. The molecule has 0 saturated carbocycles. The van der Waals surface area contributed by atoms with Crippen molar-refractivity contribution in [2.24, 2.45) is 5.92 Å². The Kier molecular flexibility index (Phi) is 6.50. The molecule has 0 fully saturated rings. The van der Waals surface area contributed by atoms with E-state index >= 15 is 0 Å². The number of allylic oxidation sites excluding steroid dienone is 1. The van der Waals surface area contributed by atoms with Crippen LogP contribution in [0.1, 0.15) is 58.9 Å². The first kappa shape index (κ1) is 20.5. The predicted octanol–water partition coefficient (Wildman–Crippen LogP) is 3.87. The zero-order valence-corrected chi connectivity index (χ0v) is 16.9. The number of nitrogens with one attached hydrogen (secondary N) is 1. The lowest BCUT2D eigenvalue weighted by molar-refractivity contribution is -0.146. The minimum atomic E-state index is -3.65. The van der Waals surface area contributed by atoms with Crippen LogP contribution in [0.5, 0.6) is 0 Å². The number of carbonyl (C=O) groups excluding carboxylic acids is 1. The van der Waals surface area contributed by atoms with Crippen molar-refractivity contribution in [3.63, 3.8) is 0 Å². The maximum absolute atomic E-state index is 12.8. The summed E-state index contributed by atoms with van der Waals surface area (Å²) < 4.78 is 32.7. The molecule has 0 radical (unpaired) electrons. The van der Waals surface area contributed by atoms with Crippen LogP contribution in [-0.2, 0) is 19.6 Å². The largest absolute Gasteiger partial charge is 0.465 e. The van der Waals surface area contributed by atoms with E-state index in [0.29, 0.717) is 12.1 Å². The Labute approximate surface area is 156 Å². The fraction of sp³-hybridized carbons (Fsp3) is 0.550. The third kappa shape index (κ3) is 4.67. The van der Waals surface area contributed by atoms with Gasteiger partial charge in [0.15, 0.2) is 0 Å². The zero-order chi connectivity index (χ0) is 19.4. The van der Waals surface area contributed by atoms with E-state index in [2.05, 4.69) is 4.72 Å². The van der Waals surface area contributed by atoms with Crippen molar-refractivity contribution < 1.29 is 17.9 Å². The van der Waals surface area contributed by atoms with Gasteiger partial charge >= 0.3 is 5.97 Å². The molecule has 0 saturated heterocycles. The molecular weight excluding hydrogens is 350 g/mol. The van der Waals surface area contributed by atoms with Crippen LogP contribution in [0.4, 0.5) is 0 Å². The highest BCUT2D eigenvalue weighted by atomic mass is 32.2. The Morgan fingerprint density at radius 3 is 2.42 bits per heavy atom. The first-order valence-electron chi connectivity index (χ1n) is 9.15. The lowest BCUT2D eigenvalue weighted by atomic mass is 9.95. The fourth-order valence-corrected chi connectivity index (χ4v) is 3.85. The monoisotopic (exact) mass is 379 g/mol. The van der Waals surface area contributed by atoms with Gasteiger partial charge in [-0.3, -0.25) is 9.52 Å². The second-order valence-electron chi connectivity index (χ2n) is 7.53. The van der Waals surface area contributed by atoms with Gasteiger partial charge in [0, 0.05) is 5.70 Å². The Morgan fingerprint density at radius 2 is 1.85 bits per heavy atom. The average molecular weight is 380 g/mol. The van der Waals surface area contributed by atoms with Gasteiger partial charge in [0.1, 0.15) is 0 Å². The number of hydrogen-bond acceptors (Lipinski definition) is 4. The summed E-state index contributed by atoms with van der Waals surface area (Å²) in [5.74, 6) is -0.959. The Hall–Kier alpha value is -1.82. The van der Waals surface area contributed by atoms with Gasteiger partial charge in [-0.2, -0.15) is 0 Å². The van der Waals surface area contributed by atoms with E-state index in [-0.39, 0.29) is 12.6 Å². The first-order chi connectivity index (χ1) is 12.2. The van der Waals surface area contributed by atoms with Crippen molar-refractivity contribution in [1.29, 1.82) is 0 Å². The van der Waals surface area contributed by atoms with E-state index in [4.69, 9.17) is 4.74 Å². The third-order valence-corrected chi connectivity index (χ3v) is 6.69. The molecule has 1 aromatic carbocycles. The molecule has 26 heavy (non-hydrogen) atoms. The van der Waals surface area contributed by atoms with Crippen LogP contribution in [0.15, 0.2) is 36.0 Å². The van der Waals surface area contributed by atoms with E-state index in [1.807, 2.05) is 30.3 Å². The highest BCUT2D eigenvalue weighted by Gasteiger charge is 2.36. The second-order valence-corrected chi connectivity index (χ2v) is 9.96. The number of sulfonamides is 1. The summed E-state index contributed by atoms with van der Waals surface area (Å²) in [6.07, 6.45) is 3.06. The predicted molar refractivity (Wildman–Crippen MR) is 104 cm³/mol. The van der Waals surface area contributed by atoms with E-state index in [0.717, 1.165) is 30.4 Å². The molecule has 0 heterocycles. The summed E-state index contributed by atoms with van der Waals surface area (Å²) in [7, 11) is -3.65. The SMILES string of the molecule is CCOC(=O)C1CCCCC(c2ccccc2)=C1NS(=O)(=O)C(C)(C)C. The summed E-state index contributed by atoms with van der Waals surface area (Å²) in [4.78, 5) is 12.6. The molecule has 0 aliphatic heterocycles. The standard InChI is InChI=1S/C20H29NO4S/c1-5-25-19(22)17-14-10-9-13-16(15-11-7-6-8-12-15)18(17)21-26(23,24)20(2,3)4/h6-8,11-12,17,21H,5,9-10,13-14H2,1-4H3.